The highest BCUT2D eigenvalue weighted by Gasteiger charge is 2.32. The fourth-order valence-electron chi connectivity index (χ4n) is 5.84. The van der Waals surface area contributed by atoms with Crippen molar-refractivity contribution in [1.29, 1.82) is 0 Å². The number of imidazole rings is 1. The maximum atomic E-state index is 14.2. The van der Waals surface area contributed by atoms with Gasteiger partial charge in [0.2, 0.25) is 0 Å². The van der Waals surface area contributed by atoms with E-state index in [0.29, 0.717) is 10.8 Å². The van der Waals surface area contributed by atoms with Crippen molar-refractivity contribution in [1.82, 2.24) is 19.8 Å². The lowest BCUT2D eigenvalue weighted by Gasteiger charge is -2.29. The fourth-order valence-corrected chi connectivity index (χ4v) is 6.92. The molecule has 5 aromatic rings. The summed E-state index contributed by atoms with van der Waals surface area (Å²) in [6.07, 6.45) is 6.09. The van der Waals surface area contributed by atoms with Crippen molar-refractivity contribution < 1.29 is 4.79 Å². The summed E-state index contributed by atoms with van der Waals surface area (Å²) in [5.74, 6) is 1.31. The first-order valence-electron chi connectivity index (χ1n) is 13.8. The van der Waals surface area contributed by atoms with Crippen LogP contribution in [0.2, 0.25) is 0 Å². The summed E-state index contributed by atoms with van der Waals surface area (Å²) in [5, 5.41) is 3.36. The first kappa shape index (κ1) is 24.8. The second-order valence-electron chi connectivity index (χ2n) is 10.7. The molecule has 1 amide bonds. The van der Waals surface area contributed by atoms with Crippen LogP contribution in [0.4, 0.5) is 5.69 Å². The Morgan fingerprint density at radius 3 is 2.48 bits per heavy atom. The second kappa shape index (κ2) is 10.4. The van der Waals surface area contributed by atoms with E-state index >= 15 is 0 Å². The zero-order chi connectivity index (χ0) is 27.1. The summed E-state index contributed by atoms with van der Waals surface area (Å²) in [4.78, 5) is 28.5. The van der Waals surface area contributed by atoms with E-state index in [9.17, 15) is 4.79 Å². The summed E-state index contributed by atoms with van der Waals surface area (Å²) >= 11 is 1.54. The lowest BCUT2D eigenvalue weighted by atomic mass is 9.89. The number of fused-ring (bicyclic) bond motifs is 2. The number of anilines is 1. The number of carbonyl (C=O) groups excluding carboxylic acids is 1. The zero-order valence-corrected chi connectivity index (χ0v) is 23.2. The molecule has 2 aliphatic rings. The smallest absolute Gasteiger partial charge is 0.271 e. The molecule has 7 rings (SSSR count). The number of nitrogens with zero attached hydrogens (tertiary/aromatic N) is 3. The molecule has 3 aromatic carbocycles. The van der Waals surface area contributed by atoms with E-state index in [0.717, 1.165) is 51.6 Å². The van der Waals surface area contributed by atoms with E-state index in [2.05, 4.69) is 52.6 Å². The Morgan fingerprint density at radius 2 is 1.70 bits per heavy atom. The molecule has 0 bridgehead atoms. The quantitative estimate of drug-likeness (QED) is 0.245. The monoisotopic (exact) mass is 545 g/mol. The Kier molecular flexibility index (Phi) is 6.46. The number of hydrogen-bond donors (Lipinski definition) is 2. The predicted molar refractivity (Wildman–Crippen MR) is 163 cm³/mol. The predicted octanol–water partition coefficient (Wildman–Crippen LogP) is 7.23. The number of nitrogens with one attached hydrogen (secondary N) is 2. The first-order chi connectivity index (χ1) is 19.6. The number of hydrogen-bond acceptors (Lipinski definition) is 5. The van der Waals surface area contributed by atoms with Gasteiger partial charge in [-0.25, -0.2) is 4.98 Å². The van der Waals surface area contributed by atoms with Crippen LogP contribution in [0, 0.1) is 0 Å². The van der Waals surface area contributed by atoms with Gasteiger partial charge in [0, 0.05) is 17.3 Å². The second-order valence-corrected chi connectivity index (χ2v) is 11.7. The number of benzene rings is 3. The van der Waals surface area contributed by atoms with E-state index < -0.39 is 6.04 Å². The van der Waals surface area contributed by atoms with Gasteiger partial charge in [0.1, 0.15) is 16.7 Å². The van der Waals surface area contributed by atoms with E-state index in [1.165, 1.54) is 29.7 Å². The van der Waals surface area contributed by atoms with Gasteiger partial charge in [0.05, 0.1) is 16.7 Å². The van der Waals surface area contributed by atoms with Crippen LogP contribution in [-0.2, 0) is 0 Å². The number of amides is 1. The summed E-state index contributed by atoms with van der Waals surface area (Å²) in [7, 11) is 2.20. The van der Waals surface area contributed by atoms with Gasteiger partial charge >= 0.3 is 0 Å². The van der Waals surface area contributed by atoms with Crippen molar-refractivity contribution in [3.05, 3.63) is 119 Å². The SMILES string of the molecule is CN1CCC(c2ccc(-c3cc4c(s3)C(=O)N(C(c3ccccc3)c3nc5ccccc5[nH]3)C=CN4)cc2)CC1. The van der Waals surface area contributed by atoms with Crippen LogP contribution in [0.5, 0.6) is 0 Å². The number of piperidine rings is 1. The third-order valence-electron chi connectivity index (χ3n) is 8.08. The Bertz CT molecular complexity index is 1650. The van der Waals surface area contributed by atoms with Crippen LogP contribution in [0.3, 0.4) is 0 Å². The Balaban J connectivity index is 1.21. The van der Waals surface area contributed by atoms with Crippen molar-refractivity contribution in [2.45, 2.75) is 24.8 Å². The van der Waals surface area contributed by atoms with Crippen molar-refractivity contribution in [2.75, 3.05) is 25.5 Å². The highest BCUT2D eigenvalue weighted by molar-refractivity contribution is 7.18. The third-order valence-corrected chi connectivity index (χ3v) is 9.25. The summed E-state index contributed by atoms with van der Waals surface area (Å²) in [6, 6.07) is 28.7. The molecule has 1 fully saturated rings. The van der Waals surface area contributed by atoms with Crippen LogP contribution in [0.25, 0.3) is 21.5 Å². The van der Waals surface area contributed by atoms with Crippen molar-refractivity contribution >= 4 is 34.0 Å². The molecule has 2 N–H and O–H groups in total. The molecule has 1 unspecified atom stereocenters. The molecule has 1 atom stereocenters. The van der Waals surface area contributed by atoms with Gasteiger partial charge in [0.15, 0.2) is 0 Å². The van der Waals surface area contributed by atoms with E-state index in [4.69, 9.17) is 4.98 Å². The maximum absolute atomic E-state index is 14.2. The average Bonchev–Trinajstić information content (AvgIpc) is 3.58. The van der Waals surface area contributed by atoms with Crippen LogP contribution >= 0.6 is 11.3 Å². The van der Waals surface area contributed by atoms with Crippen molar-refractivity contribution in [3.8, 4) is 10.4 Å². The Hall–Kier alpha value is -4.20. The third kappa shape index (κ3) is 4.61. The average molecular weight is 546 g/mol. The van der Waals surface area contributed by atoms with Gasteiger partial charge in [-0.15, -0.1) is 11.3 Å². The number of para-hydroxylation sites is 2. The molecule has 6 nitrogen and oxygen atoms in total. The lowest BCUT2D eigenvalue weighted by molar-refractivity contribution is 0.0791. The van der Waals surface area contributed by atoms with Crippen molar-refractivity contribution in [2.24, 2.45) is 0 Å². The molecule has 0 spiro atoms. The zero-order valence-electron chi connectivity index (χ0n) is 22.4. The van der Waals surface area contributed by atoms with Crippen molar-refractivity contribution in [3.63, 3.8) is 0 Å². The normalized spacial score (nSPS) is 17.0. The number of thiophene rings is 1. The topological polar surface area (TPSA) is 64.3 Å². The van der Waals surface area contributed by atoms with Crippen LogP contribution in [-0.4, -0.2) is 45.8 Å². The lowest BCUT2D eigenvalue weighted by Crippen LogP contribution is -2.31. The van der Waals surface area contributed by atoms with Crippen LogP contribution in [0.1, 0.15) is 51.4 Å². The van der Waals surface area contributed by atoms with E-state index in [-0.39, 0.29) is 5.91 Å². The summed E-state index contributed by atoms with van der Waals surface area (Å²) in [5.41, 5.74) is 6.20. The summed E-state index contributed by atoms with van der Waals surface area (Å²) in [6.45, 7) is 2.31. The molecule has 200 valence electrons. The molecule has 0 radical (unpaired) electrons. The Labute approximate surface area is 238 Å². The van der Waals surface area contributed by atoms with Gasteiger partial charge in [-0.3, -0.25) is 9.69 Å². The minimum Gasteiger partial charge on any atom is -0.359 e. The molecule has 2 aliphatic heterocycles. The van der Waals surface area contributed by atoms with Gasteiger partial charge in [-0.1, -0.05) is 66.7 Å². The molecular formula is C33H31N5OS. The number of aromatic nitrogens is 2. The van der Waals surface area contributed by atoms with Gasteiger partial charge < -0.3 is 15.2 Å². The van der Waals surface area contributed by atoms with Gasteiger partial charge in [-0.2, -0.15) is 0 Å². The van der Waals surface area contributed by atoms with E-state index in [1.54, 1.807) is 4.90 Å². The molecular weight excluding hydrogens is 514 g/mol. The minimum absolute atomic E-state index is 0.0512. The molecule has 2 aromatic heterocycles. The number of likely N-dealkylation sites (tertiary alicyclic amines) is 1. The number of aromatic amines is 1. The molecule has 40 heavy (non-hydrogen) atoms. The highest BCUT2D eigenvalue weighted by Crippen LogP contribution is 2.40. The fraction of sp³-hybridized carbons (Fsp3) is 0.212. The number of carbonyl (C=O) groups is 1. The standard InChI is InChI=1S/C33H31N5OS/c1-37-18-15-23(16-19-37)22-11-13-24(14-12-22)29-21-28-31(40-29)33(39)38(20-17-34-28)30(25-7-3-2-4-8-25)32-35-26-9-5-6-10-27(26)36-32/h2-14,17,20-21,23,30,34H,15-16,18-19H2,1H3,(H,35,36). The molecule has 0 aliphatic carbocycles. The number of H-pyrrole nitrogens is 1. The van der Waals surface area contributed by atoms with Crippen LogP contribution < -0.4 is 5.32 Å². The summed E-state index contributed by atoms with van der Waals surface area (Å²) < 4.78 is 0. The Morgan fingerprint density at radius 1 is 0.950 bits per heavy atom. The van der Waals surface area contributed by atoms with Crippen LogP contribution in [0.15, 0.2) is 97.3 Å². The number of rotatable bonds is 5. The highest BCUT2D eigenvalue weighted by atomic mass is 32.1. The minimum atomic E-state index is -0.399. The van der Waals surface area contributed by atoms with Gasteiger partial charge in [0.25, 0.3) is 5.91 Å². The van der Waals surface area contributed by atoms with E-state index in [1.807, 2.05) is 67.0 Å². The molecule has 0 saturated carbocycles. The maximum Gasteiger partial charge on any atom is 0.271 e. The largest absolute Gasteiger partial charge is 0.359 e. The molecule has 7 heteroatoms. The van der Waals surface area contributed by atoms with Gasteiger partial charge in [-0.05, 0) is 73.8 Å². The molecule has 4 heterocycles. The first-order valence-corrected chi connectivity index (χ1v) is 14.6. The molecule has 1 saturated heterocycles.